The number of nitrogens with one attached hydrogen (secondary N) is 2. The largest absolute Gasteiger partial charge is 0.487 e. The highest BCUT2D eigenvalue weighted by Gasteiger charge is 2.64. The molecule has 4 amide bonds. The third-order valence-electron chi connectivity index (χ3n) is 12.5. The zero-order valence-electron chi connectivity index (χ0n) is 32.7. The summed E-state index contributed by atoms with van der Waals surface area (Å²) >= 11 is 6.18. The van der Waals surface area contributed by atoms with Gasteiger partial charge in [0.25, 0.3) is 5.91 Å². The Balaban J connectivity index is 0.800. The van der Waals surface area contributed by atoms with E-state index >= 15 is 0 Å². The lowest BCUT2D eigenvalue weighted by Crippen LogP contribution is -2.74. The van der Waals surface area contributed by atoms with E-state index in [1.165, 1.54) is 6.20 Å². The lowest BCUT2D eigenvalue weighted by atomic mass is 9.49. The third kappa shape index (κ3) is 7.36. The monoisotopic (exact) mass is 793 g/mol. The molecule has 15 nitrogen and oxygen atoms in total. The van der Waals surface area contributed by atoms with Crippen LogP contribution in [0.25, 0.3) is 10.9 Å². The van der Waals surface area contributed by atoms with Gasteiger partial charge in [-0.15, -0.1) is 10.2 Å². The van der Waals surface area contributed by atoms with Gasteiger partial charge in [0.05, 0.1) is 34.7 Å². The number of nitriles is 1. The maximum absolute atomic E-state index is 13.4. The zero-order valence-corrected chi connectivity index (χ0v) is 33.5. The number of urea groups is 1. The molecule has 3 aromatic heterocycles. The van der Waals surface area contributed by atoms with Crippen LogP contribution in [0.1, 0.15) is 82.0 Å². The molecule has 57 heavy (non-hydrogen) atoms. The second kappa shape index (κ2) is 15.2. The summed E-state index contributed by atoms with van der Waals surface area (Å²) < 4.78 is 8.42. The van der Waals surface area contributed by atoms with E-state index in [0.717, 1.165) is 80.8 Å². The number of likely N-dealkylation sites (tertiary alicyclic amines) is 1. The van der Waals surface area contributed by atoms with Gasteiger partial charge in [-0.1, -0.05) is 45.4 Å². The van der Waals surface area contributed by atoms with Gasteiger partial charge in [0.1, 0.15) is 17.9 Å². The normalized spacial score (nSPS) is 22.8. The molecule has 1 aliphatic carbocycles. The van der Waals surface area contributed by atoms with Crippen LogP contribution in [0.4, 0.5) is 16.3 Å². The number of amides is 4. The van der Waals surface area contributed by atoms with Crippen molar-refractivity contribution < 1.29 is 19.1 Å². The van der Waals surface area contributed by atoms with E-state index in [9.17, 15) is 14.4 Å². The minimum absolute atomic E-state index is 0.146. The van der Waals surface area contributed by atoms with Crippen LogP contribution in [0.3, 0.4) is 0 Å². The van der Waals surface area contributed by atoms with Gasteiger partial charge in [-0.3, -0.25) is 24.5 Å². The summed E-state index contributed by atoms with van der Waals surface area (Å²) in [6.07, 6.45) is 7.52. The Hall–Kier alpha value is -5.33. The molecule has 0 bridgehead atoms. The van der Waals surface area contributed by atoms with Crippen LogP contribution in [0.2, 0.25) is 5.02 Å². The summed E-state index contributed by atoms with van der Waals surface area (Å²) in [5.41, 5.74) is 1.39. The first-order valence-electron chi connectivity index (χ1n) is 19.7. The number of rotatable bonds is 9. The summed E-state index contributed by atoms with van der Waals surface area (Å²) in [6, 6.07) is 12.8. The molecule has 1 saturated carbocycles. The second-order valence-corrected chi connectivity index (χ2v) is 17.4. The maximum atomic E-state index is 13.4. The van der Waals surface area contributed by atoms with Crippen LogP contribution in [-0.2, 0) is 4.79 Å². The molecule has 1 aromatic carbocycles. The first kappa shape index (κ1) is 38.5. The van der Waals surface area contributed by atoms with Crippen LogP contribution in [0.5, 0.6) is 5.75 Å². The Bertz CT molecular complexity index is 2200. The molecule has 0 radical (unpaired) electrons. The fourth-order valence-electron chi connectivity index (χ4n) is 9.76. The van der Waals surface area contributed by atoms with Crippen molar-refractivity contribution in [2.45, 2.75) is 78.0 Å². The Morgan fingerprint density at radius 2 is 1.75 bits per heavy atom. The molecule has 6 heterocycles. The van der Waals surface area contributed by atoms with Crippen LogP contribution >= 0.6 is 11.6 Å². The van der Waals surface area contributed by atoms with Gasteiger partial charge in [-0.2, -0.15) is 10.4 Å². The lowest BCUT2D eigenvalue weighted by molar-refractivity contribution is -0.164. The van der Waals surface area contributed by atoms with Gasteiger partial charge in [0.15, 0.2) is 17.2 Å². The number of imide groups is 1. The Labute approximate surface area is 336 Å². The molecule has 16 heteroatoms. The first-order valence-corrected chi connectivity index (χ1v) is 20.1. The fraction of sp³-hybridized carbons (Fsp3) is 0.512. The van der Waals surface area contributed by atoms with Crippen molar-refractivity contribution in [1.29, 1.82) is 5.26 Å². The topological polar surface area (TPSA) is 174 Å². The Kier molecular flexibility index (Phi) is 10.3. The van der Waals surface area contributed by atoms with Gasteiger partial charge in [-0.05, 0) is 55.9 Å². The fourth-order valence-corrected chi connectivity index (χ4v) is 9.95. The molecule has 2 N–H and O–H groups in total. The third-order valence-corrected chi connectivity index (χ3v) is 12.8. The van der Waals surface area contributed by atoms with Gasteiger partial charge in [-0.25, -0.2) is 9.78 Å². The molecule has 3 aliphatic heterocycles. The van der Waals surface area contributed by atoms with Crippen molar-refractivity contribution in [2.75, 3.05) is 49.1 Å². The predicted molar refractivity (Wildman–Crippen MR) is 214 cm³/mol. The summed E-state index contributed by atoms with van der Waals surface area (Å²) in [7, 11) is 0. The highest BCUT2D eigenvalue weighted by Crippen LogP contribution is 2.55. The molecule has 8 rings (SSSR count). The Morgan fingerprint density at radius 1 is 1.00 bits per heavy atom. The minimum atomic E-state index is -0.411. The average Bonchev–Trinajstić information content (AvgIpc) is 3.64. The molecule has 4 fully saturated rings. The molecule has 0 spiro atoms. The van der Waals surface area contributed by atoms with Gasteiger partial charge in [0.2, 0.25) is 5.91 Å². The molecule has 0 unspecified atom stereocenters. The number of anilines is 2. The van der Waals surface area contributed by atoms with E-state index in [-0.39, 0.29) is 58.9 Å². The van der Waals surface area contributed by atoms with E-state index in [2.05, 4.69) is 74.1 Å². The number of hydrogen-bond donors (Lipinski definition) is 2. The molecule has 4 aliphatic rings. The van der Waals surface area contributed by atoms with Crippen LogP contribution in [-0.4, -0.2) is 99.1 Å². The van der Waals surface area contributed by atoms with Crippen LogP contribution < -0.4 is 25.2 Å². The smallest absolute Gasteiger partial charge is 0.328 e. The summed E-state index contributed by atoms with van der Waals surface area (Å²) in [5, 5.41) is 29.5. The van der Waals surface area contributed by atoms with Crippen molar-refractivity contribution in [2.24, 2.45) is 16.7 Å². The van der Waals surface area contributed by atoms with Crippen molar-refractivity contribution in [3.63, 3.8) is 0 Å². The van der Waals surface area contributed by atoms with Gasteiger partial charge < -0.3 is 19.9 Å². The molecule has 0 atom stereocenters. The van der Waals surface area contributed by atoms with Gasteiger partial charge in [0, 0.05) is 74.0 Å². The minimum Gasteiger partial charge on any atom is -0.487 e. The van der Waals surface area contributed by atoms with Crippen molar-refractivity contribution in [1.82, 2.24) is 40.5 Å². The average molecular weight is 794 g/mol. The predicted octanol–water partition coefficient (Wildman–Crippen LogP) is 5.36. The van der Waals surface area contributed by atoms with E-state index in [4.69, 9.17) is 26.7 Å². The number of carbonyl (C=O) groups is 3. The number of fused-ring (bicyclic) bond motifs is 1. The standard InChI is InChI=1S/C41H48ClN11O4/c1-40(2)37(41(3,4)38(40)57-27-20-29(42)31(21-43)44-22-27)47-36(55)30-8-9-34(49-48-30)51-17-10-25(11-18-51)24-50-15-12-26(13-16-50)53-33-7-5-6-32(28(33)23-45-53)52-19-14-35(54)46-39(52)56/h5-9,20,22-23,25-26,37-38H,10-19,24H2,1-4H3,(H,47,55)(H,46,54,56)/t37-,38-. The number of piperidine rings is 2. The summed E-state index contributed by atoms with van der Waals surface area (Å²) in [6.45, 7) is 13.4. The number of ether oxygens (including phenoxy) is 1. The highest BCUT2D eigenvalue weighted by atomic mass is 35.5. The van der Waals surface area contributed by atoms with Crippen LogP contribution in [0.15, 0.2) is 48.8 Å². The van der Waals surface area contributed by atoms with Crippen molar-refractivity contribution in [3.05, 3.63) is 65.2 Å². The van der Waals surface area contributed by atoms with Crippen molar-refractivity contribution in [3.8, 4) is 11.8 Å². The van der Waals surface area contributed by atoms with Crippen molar-refractivity contribution >= 4 is 51.9 Å². The number of aromatic nitrogens is 5. The van der Waals surface area contributed by atoms with Gasteiger partial charge >= 0.3 is 6.03 Å². The molecular formula is C41H48ClN11O4. The molecule has 3 saturated heterocycles. The SMILES string of the molecule is CC1(C)[C@H](NC(=O)c2ccc(N3CCC(CN4CCC(n5ncc6c(N7CCC(=O)NC7=O)cccc65)CC4)CC3)nn2)C(C)(C)[C@H]1Oc1cnc(C#N)c(Cl)c1. The second-order valence-electron chi connectivity index (χ2n) is 17.0. The first-order chi connectivity index (χ1) is 27.3. The number of pyridine rings is 1. The number of hydrogen-bond acceptors (Lipinski definition) is 11. The quantitative estimate of drug-likeness (QED) is 0.223. The van der Waals surface area contributed by atoms with E-state index in [0.29, 0.717) is 18.2 Å². The van der Waals surface area contributed by atoms with E-state index in [1.807, 2.05) is 30.5 Å². The van der Waals surface area contributed by atoms with E-state index < -0.39 is 10.8 Å². The van der Waals surface area contributed by atoms with Crippen LogP contribution in [0, 0.1) is 28.1 Å². The number of benzene rings is 1. The number of nitrogens with zero attached hydrogens (tertiary/aromatic N) is 9. The summed E-state index contributed by atoms with van der Waals surface area (Å²) in [5.74, 6) is 1.33. The number of carbonyl (C=O) groups excluding carboxylic acids is 3. The zero-order chi connectivity index (χ0) is 40.1. The van der Waals surface area contributed by atoms with E-state index in [1.54, 1.807) is 17.0 Å². The number of halogens is 1. The molecule has 4 aromatic rings. The summed E-state index contributed by atoms with van der Waals surface area (Å²) in [4.78, 5) is 48.2. The maximum Gasteiger partial charge on any atom is 0.328 e. The molecule has 298 valence electrons. The Morgan fingerprint density at radius 3 is 2.42 bits per heavy atom. The molecular weight excluding hydrogens is 746 g/mol. The lowest BCUT2D eigenvalue weighted by Gasteiger charge is -2.63. The highest BCUT2D eigenvalue weighted by molar-refractivity contribution is 6.31.